The Morgan fingerprint density at radius 2 is 1.63 bits per heavy atom. The first kappa shape index (κ1) is 18.6. The van der Waals surface area contributed by atoms with Gasteiger partial charge in [-0.3, -0.25) is 9.59 Å². The molecule has 0 aliphatic carbocycles. The van der Waals surface area contributed by atoms with Crippen LogP contribution in [0.15, 0.2) is 82.0 Å². The van der Waals surface area contributed by atoms with E-state index in [0.717, 1.165) is 16.7 Å². The molecule has 1 aliphatic rings. The molecule has 1 amide bonds. The third-order valence-electron chi connectivity index (χ3n) is 5.53. The normalized spacial score (nSPS) is 15.6. The first-order valence-electron chi connectivity index (χ1n) is 9.70. The molecule has 0 fully saturated rings. The lowest BCUT2D eigenvalue weighted by molar-refractivity contribution is 0.0714. The number of carbonyl (C=O) groups is 1. The van der Waals surface area contributed by atoms with Crippen molar-refractivity contribution in [2.75, 3.05) is 0 Å². The fourth-order valence-corrected chi connectivity index (χ4v) is 4.14. The SMILES string of the molecule is Cc1ccc(C2c3c(oc4ccccc4c3=O)C(=O)N2Cc2ccc(Cl)cc2)cc1. The van der Waals surface area contributed by atoms with Gasteiger partial charge >= 0.3 is 0 Å². The summed E-state index contributed by atoms with van der Waals surface area (Å²) in [6.07, 6.45) is 0. The number of halogens is 1. The quantitative estimate of drug-likeness (QED) is 0.444. The molecule has 1 atom stereocenters. The summed E-state index contributed by atoms with van der Waals surface area (Å²) in [5.41, 5.74) is 3.57. The Hall–Kier alpha value is -3.37. The van der Waals surface area contributed by atoms with Gasteiger partial charge in [0.2, 0.25) is 5.76 Å². The van der Waals surface area contributed by atoms with Crippen LogP contribution in [0, 0.1) is 6.92 Å². The van der Waals surface area contributed by atoms with Crippen LogP contribution in [0.3, 0.4) is 0 Å². The molecule has 0 saturated carbocycles. The highest BCUT2D eigenvalue weighted by Crippen LogP contribution is 2.39. The number of hydrogen-bond donors (Lipinski definition) is 0. The zero-order valence-electron chi connectivity index (χ0n) is 16.3. The molecule has 148 valence electrons. The molecule has 3 aromatic carbocycles. The lowest BCUT2D eigenvalue weighted by atomic mass is 9.97. The second-order valence-corrected chi connectivity index (χ2v) is 7.98. The highest BCUT2D eigenvalue weighted by atomic mass is 35.5. The van der Waals surface area contributed by atoms with Crippen LogP contribution in [0.4, 0.5) is 0 Å². The van der Waals surface area contributed by atoms with Crippen molar-refractivity contribution in [1.82, 2.24) is 4.90 Å². The maximum absolute atomic E-state index is 13.4. The van der Waals surface area contributed by atoms with Crippen molar-refractivity contribution in [2.45, 2.75) is 19.5 Å². The van der Waals surface area contributed by atoms with Gasteiger partial charge in [-0.25, -0.2) is 0 Å². The van der Waals surface area contributed by atoms with Crippen LogP contribution in [0.5, 0.6) is 0 Å². The first-order valence-corrected chi connectivity index (χ1v) is 10.1. The second kappa shape index (κ2) is 7.15. The molecule has 4 aromatic rings. The molecule has 1 unspecified atom stereocenters. The summed E-state index contributed by atoms with van der Waals surface area (Å²) in [5.74, 6) is -0.161. The smallest absolute Gasteiger partial charge is 0.291 e. The molecule has 2 heterocycles. The van der Waals surface area contributed by atoms with Crippen molar-refractivity contribution in [3.8, 4) is 0 Å². The fourth-order valence-electron chi connectivity index (χ4n) is 4.01. The summed E-state index contributed by atoms with van der Waals surface area (Å²) in [5, 5.41) is 1.11. The third-order valence-corrected chi connectivity index (χ3v) is 5.78. The fraction of sp³-hybridized carbons (Fsp3) is 0.120. The lowest BCUT2D eigenvalue weighted by Crippen LogP contribution is -2.29. The molecule has 0 saturated heterocycles. The van der Waals surface area contributed by atoms with E-state index in [4.69, 9.17) is 16.0 Å². The first-order chi connectivity index (χ1) is 14.5. The molecule has 1 aromatic heterocycles. The van der Waals surface area contributed by atoms with Crippen molar-refractivity contribution < 1.29 is 9.21 Å². The Balaban J connectivity index is 1.71. The van der Waals surface area contributed by atoms with Gasteiger partial charge in [-0.05, 0) is 42.3 Å². The number of amides is 1. The zero-order valence-corrected chi connectivity index (χ0v) is 17.0. The van der Waals surface area contributed by atoms with E-state index in [1.54, 1.807) is 41.3 Å². The Bertz CT molecular complexity index is 1320. The minimum atomic E-state index is -0.510. The number of benzene rings is 3. The van der Waals surface area contributed by atoms with Crippen molar-refractivity contribution in [3.05, 3.63) is 116 Å². The molecule has 0 spiro atoms. The molecular weight excluding hydrogens is 398 g/mol. The Morgan fingerprint density at radius 3 is 2.37 bits per heavy atom. The van der Waals surface area contributed by atoms with Gasteiger partial charge in [-0.2, -0.15) is 0 Å². The van der Waals surface area contributed by atoms with E-state index in [-0.39, 0.29) is 17.1 Å². The highest BCUT2D eigenvalue weighted by molar-refractivity contribution is 6.30. The zero-order chi connectivity index (χ0) is 20.8. The van der Waals surface area contributed by atoms with E-state index in [1.807, 2.05) is 43.3 Å². The maximum atomic E-state index is 13.4. The molecule has 1 aliphatic heterocycles. The average Bonchev–Trinajstić information content (AvgIpc) is 3.03. The Labute approximate surface area is 178 Å². The molecular formula is C25H18ClNO3. The number of nitrogens with zero attached hydrogens (tertiary/aromatic N) is 1. The van der Waals surface area contributed by atoms with Gasteiger partial charge in [0.15, 0.2) is 5.43 Å². The largest absolute Gasteiger partial charge is 0.450 e. The number of aryl methyl sites for hydroxylation is 1. The standard InChI is InChI=1S/C25H18ClNO3/c1-15-6-10-17(11-7-15)22-21-23(28)19-4-2-3-5-20(19)30-24(21)25(29)27(22)14-16-8-12-18(26)13-9-16/h2-13,22H,14H2,1H3. The second-order valence-electron chi connectivity index (χ2n) is 7.54. The number of rotatable bonds is 3. The molecule has 0 radical (unpaired) electrons. The molecule has 4 nitrogen and oxygen atoms in total. The number of fused-ring (bicyclic) bond motifs is 2. The molecule has 5 rings (SSSR count). The van der Waals surface area contributed by atoms with Crippen LogP contribution < -0.4 is 5.43 Å². The van der Waals surface area contributed by atoms with Gasteiger partial charge in [-0.15, -0.1) is 0 Å². The summed E-state index contributed by atoms with van der Waals surface area (Å²) >= 11 is 6.01. The number of para-hydroxylation sites is 1. The number of hydrogen-bond acceptors (Lipinski definition) is 3. The van der Waals surface area contributed by atoms with Gasteiger partial charge in [0.05, 0.1) is 17.0 Å². The summed E-state index contributed by atoms with van der Waals surface area (Å²) in [6, 6.07) is 21.8. The molecule has 0 N–H and O–H groups in total. The van der Waals surface area contributed by atoms with Gasteiger partial charge in [0.1, 0.15) is 5.58 Å². The molecule has 5 heteroatoms. The minimum Gasteiger partial charge on any atom is -0.450 e. The van der Waals surface area contributed by atoms with Crippen LogP contribution >= 0.6 is 11.6 Å². The third kappa shape index (κ3) is 3.01. The molecule has 0 bridgehead atoms. The van der Waals surface area contributed by atoms with E-state index in [2.05, 4.69) is 0 Å². The topological polar surface area (TPSA) is 50.5 Å². The monoisotopic (exact) mass is 415 g/mol. The van der Waals surface area contributed by atoms with Crippen molar-refractivity contribution in [1.29, 1.82) is 0 Å². The van der Waals surface area contributed by atoms with Crippen LogP contribution in [-0.2, 0) is 6.54 Å². The van der Waals surface area contributed by atoms with Gasteiger partial charge in [0.25, 0.3) is 5.91 Å². The van der Waals surface area contributed by atoms with Crippen LogP contribution in [0.1, 0.15) is 38.9 Å². The van der Waals surface area contributed by atoms with Crippen LogP contribution in [0.25, 0.3) is 11.0 Å². The Morgan fingerprint density at radius 1 is 0.933 bits per heavy atom. The maximum Gasteiger partial charge on any atom is 0.291 e. The van der Waals surface area contributed by atoms with E-state index in [1.165, 1.54) is 0 Å². The van der Waals surface area contributed by atoms with E-state index >= 15 is 0 Å². The average molecular weight is 416 g/mol. The summed E-state index contributed by atoms with van der Waals surface area (Å²) in [7, 11) is 0. The lowest BCUT2D eigenvalue weighted by Gasteiger charge is -2.25. The summed E-state index contributed by atoms with van der Waals surface area (Å²) < 4.78 is 5.95. The van der Waals surface area contributed by atoms with E-state index in [9.17, 15) is 9.59 Å². The number of carbonyl (C=O) groups excluding carboxylic acids is 1. The van der Waals surface area contributed by atoms with Crippen molar-refractivity contribution in [3.63, 3.8) is 0 Å². The minimum absolute atomic E-state index is 0.123. The van der Waals surface area contributed by atoms with E-state index < -0.39 is 6.04 Å². The highest BCUT2D eigenvalue weighted by Gasteiger charge is 2.42. The Kier molecular flexibility index (Phi) is 4.44. The van der Waals surface area contributed by atoms with Gasteiger partial charge < -0.3 is 9.32 Å². The van der Waals surface area contributed by atoms with Gasteiger partial charge in [-0.1, -0.05) is 65.7 Å². The van der Waals surface area contributed by atoms with Crippen molar-refractivity contribution >= 4 is 28.5 Å². The summed E-state index contributed by atoms with van der Waals surface area (Å²) in [6.45, 7) is 2.35. The van der Waals surface area contributed by atoms with E-state index in [0.29, 0.717) is 28.1 Å². The van der Waals surface area contributed by atoms with Crippen molar-refractivity contribution in [2.24, 2.45) is 0 Å². The van der Waals surface area contributed by atoms with Gasteiger partial charge in [0, 0.05) is 11.6 Å². The predicted molar refractivity (Wildman–Crippen MR) is 117 cm³/mol. The van der Waals surface area contributed by atoms with Crippen LogP contribution in [-0.4, -0.2) is 10.8 Å². The van der Waals surface area contributed by atoms with Crippen LogP contribution in [0.2, 0.25) is 5.02 Å². The summed E-state index contributed by atoms with van der Waals surface area (Å²) in [4.78, 5) is 28.5. The predicted octanol–water partition coefficient (Wildman–Crippen LogP) is 5.50. The molecule has 30 heavy (non-hydrogen) atoms.